The lowest BCUT2D eigenvalue weighted by Crippen LogP contribution is -2.48. The molecule has 2 heteroatoms. The minimum atomic E-state index is -0.0175. The van der Waals surface area contributed by atoms with E-state index in [1.54, 1.807) is 0 Å². The fraction of sp³-hybridized carbons (Fsp3) is 0.800. The van der Waals surface area contributed by atoms with E-state index in [0.29, 0.717) is 6.04 Å². The van der Waals surface area contributed by atoms with Gasteiger partial charge in [0.15, 0.2) is 0 Å². The lowest BCUT2D eigenvalue weighted by molar-refractivity contribution is -0.0598. The normalized spacial score (nSPS) is 31.9. The van der Waals surface area contributed by atoms with Gasteiger partial charge in [-0.15, -0.1) is 6.42 Å². The van der Waals surface area contributed by atoms with Crippen LogP contribution in [0.2, 0.25) is 0 Å². The highest BCUT2D eigenvalue weighted by Gasteiger charge is 2.24. The maximum atomic E-state index is 5.54. The average Bonchev–Trinajstić information content (AvgIpc) is 2.03. The molecule has 0 aliphatic carbocycles. The van der Waals surface area contributed by atoms with E-state index in [1.807, 2.05) is 0 Å². The molecule has 0 aromatic heterocycles. The van der Waals surface area contributed by atoms with Crippen LogP contribution in [0.1, 0.15) is 20.8 Å². The Kier molecular flexibility index (Phi) is 3.13. The van der Waals surface area contributed by atoms with Gasteiger partial charge in [-0.2, -0.15) is 0 Å². The molecule has 1 saturated heterocycles. The lowest BCUT2D eigenvalue weighted by atomic mass is 10.2. The Hall–Kier alpha value is -0.520. The minimum Gasteiger partial charge on any atom is -0.360 e. The SMILES string of the molecule is C#C[C@@H]1CN(C(C)C)C[C@H](C)O1. The number of rotatable bonds is 1. The average molecular weight is 167 g/mol. The quantitative estimate of drug-likeness (QED) is 0.543. The third-order valence-corrected chi connectivity index (χ3v) is 2.20. The van der Waals surface area contributed by atoms with Crippen LogP contribution in [-0.4, -0.2) is 36.2 Å². The third kappa shape index (κ3) is 2.23. The first-order valence-electron chi connectivity index (χ1n) is 4.49. The van der Waals surface area contributed by atoms with Gasteiger partial charge in [-0.05, 0) is 20.8 Å². The molecule has 0 unspecified atom stereocenters. The highest BCUT2D eigenvalue weighted by Crippen LogP contribution is 2.12. The van der Waals surface area contributed by atoms with Gasteiger partial charge in [-0.25, -0.2) is 0 Å². The number of ether oxygens (including phenoxy) is 1. The van der Waals surface area contributed by atoms with Crippen molar-refractivity contribution in [1.82, 2.24) is 4.90 Å². The van der Waals surface area contributed by atoms with Crippen LogP contribution in [0.4, 0.5) is 0 Å². The van der Waals surface area contributed by atoms with E-state index in [4.69, 9.17) is 11.2 Å². The molecule has 0 N–H and O–H groups in total. The van der Waals surface area contributed by atoms with Crippen molar-refractivity contribution in [2.24, 2.45) is 0 Å². The third-order valence-electron chi connectivity index (χ3n) is 2.20. The van der Waals surface area contributed by atoms with Gasteiger partial charge < -0.3 is 4.74 Å². The molecule has 2 atom stereocenters. The molecule has 0 amide bonds. The summed E-state index contributed by atoms with van der Waals surface area (Å²) in [5, 5.41) is 0. The van der Waals surface area contributed by atoms with E-state index in [1.165, 1.54) is 0 Å². The smallest absolute Gasteiger partial charge is 0.131 e. The van der Waals surface area contributed by atoms with Crippen LogP contribution in [0.3, 0.4) is 0 Å². The van der Waals surface area contributed by atoms with Crippen molar-refractivity contribution in [2.45, 2.75) is 39.0 Å². The van der Waals surface area contributed by atoms with E-state index in [0.717, 1.165) is 13.1 Å². The number of morpholine rings is 1. The summed E-state index contributed by atoms with van der Waals surface area (Å²) in [6, 6.07) is 0.562. The van der Waals surface area contributed by atoms with Gasteiger partial charge in [-0.1, -0.05) is 5.92 Å². The molecule has 0 saturated carbocycles. The second-order valence-electron chi connectivity index (χ2n) is 3.65. The molecular weight excluding hydrogens is 150 g/mol. The summed E-state index contributed by atoms with van der Waals surface area (Å²) >= 11 is 0. The molecule has 0 aromatic rings. The number of nitrogens with zero attached hydrogens (tertiary/aromatic N) is 1. The van der Waals surface area contributed by atoms with Crippen molar-refractivity contribution in [3.8, 4) is 12.3 Å². The van der Waals surface area contributed by atoms with E-state index >= 15 is 0 Å². The standard InChI is InChI=1S/C10H17NO/c1-5-10-7-11(8(2)3)6-9(4)12-10/h1,8-10H,6-7H2,2-4H3/t9-,10+/m0/s1. The topological polar surface area (TPSA) is 12.5 Å². The first-order chi connectivity index (χ1) is 5.63. The van der Waals surface area contributed by atoms with Crippen molar-refractivity contribution in [3.05, 3.63) is 0 Å². The molecule has 68 valence electrons. The fourth-order valence-corrected chi connectivity index (χ4v) is 1.50. The number of hydrogen-bond donors (Lipinski definition) is 0. The molecule has 1 aliphatic rings. The largest absolute Gasteiger partial charge is 0.360 e. The van der Waals surface area contributed by atoms with Gasteiger partial charge in [0.2, 0.25) is 0 Å². The van der Waals surface area contributed by atoms with Crippen LogP contribution in [0.25, 0.3) is 0 Å². The molecule has 1 fully saturated rings. The zero-order valence-electron chi connectivity index (χ0n) is 8.08. The number of terminal acetylenes is 1. The maximum absolute atomic E-state index is 5.54. The second-order valence-corrected chi connectivity index (χ2v) is 3.65. The van der Waals surface area contributed by atoms with E-state index in [2.05, 4.69) is 31.6 Å². The summed E-state index contributed by atoms with van der Waals surface area (Å²) in [6.45, 7) is 8.31. The fourth-order valence-electron chi connectivity index (χ4n) is 1.50. The molecule has 12 heavy (non-hydrogen) atoms. The van der Waals surface area contributed by atoms with E-state index in [-0.39, 0.29) is 12.2 Å². The predicted molar refractivity (Wildman–Crippen MR) is 49.9 cm³/mol. The van der Waals surface area contributed by atoms with Crippen LogP contribution < -0.4 is 0 Å². The Bertz CT molecular complexity index is 183. The van der Waals surface area contributed by atoms with Crippen LogP contribution >= 0.6 is 0 Å². The summed E-state index contributed by atoms with van der Waals surface area (Å²) < 4.78 is 5.54. The molecule has 0 spiro atoms. The Balaban J connectivity index is 2.52. The molecule has 0 aromatic carbocycles. The zero-order chi connectivity index (χ0) is 9.14. The molecular formula is C10H17NO. The predicted octanol–water partition coefficient (Wildman–Crippen LogP) is 1.12. The van der Waals surface area contributed by atoms with E-state index in [9.17, 15) is 0 Å². The van der Waals surface area contributed by atoms with E-state index < -0.39 is 0 Å². The highest BCUT2D eigenvalue weighted by atomic mass is 16.5. The van der Waals surface area contributed by atoms with Gasteiger partial charge in [0.05, 0.1) is 6.10 Å². The zero-order valence-corrected chi connectivity index (χ0v) is 8.08. The molecule has 1 rings (SSSR count). The second kappa shape index (κ2) is 3.93. The first kappa shape index (κ1) is 9.57. The summed E-state index contributed by atoms with van der Waals surface area (Å²) in [5.41, 5.74) is 0. The maximum Gasteiger partial charge on any atom is 0.131 e. The molecule has 2 nitrogen and oxygen atoms in total. The minimum absolute atomic E-state index is 0.0175. The summed E-state index contributed by atoms with van der Waals surface area (Å²) in [6.07, 6.45) is 5.57. The monoisotopic (exact) mass is 167 g/mol. The molecule has 0 radical (unpaired) electrons. The Morgan fingerprint density at radius 3 is 2.67 bits per heavy atom. The van der Waals surface area contributed by atoms with Crippen LogP contribution in [0.15, 0.2) is 0 Å². The summed E-state index contributed by atoms with van der Waals surface area (Å²) in [4.78, 5) is 2.36. The van der Waals surface area contributed by atoms with Crippen LogP contribution in [0.5, 0.6) is 0 Å². The van der Waals surface area contributed by atoms with Crippen LogP contribution in [0, 0.1) is 12.3 Å². The van der Waals surface area contributed by atoms with Gasteiger partial charge >= 0.3 is 0 Å². The van der Waals surface area contributed by atoms with Gasteiger partial charge in [0.25, 0.3) is 0 Å². The molecule has 0 bridgehead atoms. The Labute approximate surface area is 74.9 Å². The van der Waals surface area contributed by atoms with Crippen molar-refractivity contribution >= 4 is 0 Å². The Morgan fingerprint density at radius 2 is 2.17 bits per heavy atom. The summed E-state index contributed by atoms with van der Waals surface area (Å²) in [5.74, 6) is 2.66. The first-order valence-corrected chi connectivity index (χ1v) is 4.49. The lowest BCUT2D eigenvalue weighted by Gasteiger charge is -2.37. The van der Waals surface area contributed by atoms with Crippen molar-refractivity contribution in [3.63, 3.8) is 0 Å². The van der Waals surface area contributed by atoms with Crippen molar-refractivity contribution in [2.75, 3.05) is 13.1 Å². The van der Waals surface area contributed by atoms with Gasteiger partial charge in [0.1, 0.15) is 6.10 Å². The van der Waals surface area contributed by atoms with Crippen molar-refractivity contribution < 1.29 is 4.74 Å². The Morgan fingerprint density at radius 1 is 1.50 bits per heavy atom. The summed E-state index contributed by atoms with van der Waals surface area (Å²) in [7, 11) is 0. The van der Waals surface area contributed by atoms with Gasteiger partial charge in [0, 0.05) is 19.1 Å². The van der Waals surface area contributed by atoms with Crippen LogP contribution in [-0.2, 0) is 4.74 Å². The molecule has 1 aliphatic heterocycles. The number of hydrogen-bond acceptors (Lipinski definition) is 2. The van der Waals surface area contributed by atoms with Crippen molar-refractivity contribution in [1.29, 1.82) is 0 Å². The van der Waals surface area contributed by atoms with Gasteiger partial charge in [-0.3, -0.25) is 4.90 Å². The molecule has 1 heterocycles. The highest BCUT2D eigenvalue weighted by molar-refractivity contribution is 4.99.